The lowest BCUT2D eigenvalue weighted by molar-refractivity contribution is 0.0749. The second-order valence-corrected chi connectivity index (χ2v) is 6.86. The molecule has 5 nitrogen and oxygen atoms in total. The van der Waals surface area contributed by atoms with Crippen LogP contribution in [0.5, 0.6) is 0 Å². The Morgan fingerprint density at radius 1 is 0.963 bits per heavy atom. The van der Waals surface area contributed by atoms with Crippen LogP contribution in [-0.2, 0) is 11.3 Å². The number of carbonyl (C=O) groups is 1. The minimum atomic E-state index is 0.123. The number of anilines is 1. The number of fused-ring (bicyclic) bond motifs is 1. The lowest BCUT2D eigenvalue weighted by Crippen LogP contribution is -2.48. The van der Waals surface area contributed by atoms with Crippen LogP contribution in [0.2, 0.25) is 0 Å². The second kappa shape index (κ2) is 7.84. The van der Waals surface area contributed by atoms with E-state index in [1.54, 1.807) is 7.11 Å². The van der Waals surface area contributed by atoms with Gasteiger partial charge in [-0.05, 0) is 30.3 Å². The lowest BCUT2D eigenvalue weighted by atomic mass is 10.1. The summed E-state index contributed by atoms with van der Waals surface area (Å²) in [7, 11) is 1.70. The number of ether oxygens (including phenoxy) is 1. The maximum atomic E-state index is 13.2. The molecule has 2 heterocycles. The summed E-state index contributed by atoms with van der Waals surface area (Å²) in [6.07, 6.45) is 2.04. The highest BCUT2D eigenvalue weighted by atomic mass is 16.5. The molecule has 1 saturated heterocycles. The number of hydrogen-bond donors (Lipinski definition) is 0. The molecular weight excluding hydrogens is 338 g/mol. The van der Waals surface area contributed by atoms with Crippen molar-refractivity contribution in [3.8, 4) is 0 Å². The quantitative estimate of drug-likeness (QED) is 0.698. The molecule has 1 aliphatic rings. The van der Waals surface area contributed by atoms with Gasteiger partial charge < -0.3 is 19.1 Å². The second-order valence-electron chi connectivity index (χ2n) is 6.86. The van der Waals surface area contributed by atoms with Gasteiger partial charge in [-0.15, -0.1) is 0 Å². The van der Waals surface area contributed by atoms with Crippen LogP contribution in [0.4, 0.5) is 5.69 Å². The summed E-state index contributed by atoms with van der Waals surface area (Å²) in [5.41, 5.74) is 3.10. The Morgan fingerprint density at radius 2 is 1.74 bits per heavy atom. The van der Waals surface area contributed by atoms with Crippen LogP contribution in [-0.4, -0.2) is 55.3 Å². The molecule has 1 aromatic heterocycles. The number of aromatic nitrogens is 1. The summed E-state index contributed by atoms with van der Waals surface area (Å²) < 4.78 is 7.32. The number of carbonyl (C=O) groups excluding carboxylic acids is 1. The topological polar surface area (TPSA) is 37.7 Å². The average molecular weight is 363 g/mol. The molecule has 140 valence electrons. The van der Waals surface area contributed by atoms with Crippen LogP contribution >= 0.6 is 0 Å². The van der Waals surface area contributed by atoms with Crippen molar-refractivity contribution in [2.45, 2.75) is 6.54 Å². The molecule has 0 N–H and O–H groups in total. The van der Waals surface area contributed by atoms with Crippen molar-refractivity contribution >= 4 is 22.5 Å². The summed E-state index contributed by atoms with van der Waals surface area (Å²) in [6, 6.07) is 18.4. The Morgan fingerprint density at radius 3 is 2.48 bits per heavy atom. The lowest BCUT2D eigenvalue weighted by Gasteiger charge is -2.36. The largest absolute Gasteiger partial charge is 0.383 e. The first-order valence-corrected chi connectivity index (χ1v) is 9.44. The van der Waals surface area contributed by atoms with Crippen molar-refractivity contribution in [2.75, 3.05) is 44.8 Å². The molecular formula is C22H25N3O2. The number of benzene rings is 2. The smallest absolute Gasteiger partial charge is 0.254 e. The Kier molecular flexibility index (Phi) is 5.12. The van der Waals surface area contributed by atoms with Gasteiger partial charge in [0.15, 0.2) is 0 Å². The highest BCUT2D eigenvalue weighted by Crippen LogP contribution is 2.23. The van der Waals surface area contributed by atoms with Gasteiger partial charge in [0.2, 0.25) is 0 Å². The molecule has 2 aromatic carbocycles. The van der Waals surface area contributed by atoms with Crippen molar-refractivity contribution in [3.05, 3.63) is 66.4 Å². The van der Waals surface area contributed by atoms with Crippen LogP contribution < -0.4 is 4.90 Å². The molecule has 4 rings (SSSR count). The molecule has 0 saturated carbocycles. The minimum absolute atomic E-state index is 0.123. The Bertz CT molecular complexity index is 912. The van der Waals surface area contributed by atoms with Crippen LogP contribution in [0.3, 0.4) is 0 Å². The van der Waals surface area contributed by atoms with Crippen LogP contribution in [0, 0.1) is 0 Å². The van der Waals surface area contributed by atoms with E-state index in [4.69, 9.17) is 4.74 Å². The fourth-order valence-electron chi connectivity index (χ4n) is 3.77. The molecule has 27 heavy (non-hydrogen) atoms. The molecule has 5 heteroatoms. The average Bonchev–Trinajstić information content (AvgIpc) is 3.15. The predicted octanol–water partition coefficient (Wildman–Crippen LogP) is 3.25. The predicted molar refractivity (Wildman–Crippen MR) is 108 cm³/mol. The molecule has 0 aliphatic carbocycles. The number of hydrogen-bond acceptors (Lipinski definition) is 3. The Balaban J connectivity index is 1.50. The normalized spacial score (nSPS) is 14.7. The van der Waals surface area contributed by atoms with E-state index in [0.717, 1.165) is 49.2 Å². The number of rotatable bonds is 5. The number of nitrogens with zero attached hydrogens (tertiary/aromatic N) is 3. The van der Waals surface area contributed by atoms with E-state index in [1.165, 1.54) is 5.69 Å². The number of piperazine rings is 1. The highest BCUT2D eigenvalue weighted by Gasteiger charge is 2.23. The molecule has 0 spiro atoms. The molecule has 0 radical (unpaired) electrons. The van der Waals surface area contributed by atoms with E-state index in [9.17, 15) is 4.79 Å². The number of para-hydroxylation sites is 1. The van der Waals surface area contributed by atoms with E-state index in [2.05, 4.69) is 39.8 Å². The maximum Gasteiger partial charge on any atom is 0.254 e. The summed E-state index contributed by atoms with van der Waals surface area (Å²) >= 11 is 0. The zero-order valence-corrected chi connectivity index (χ0v) is 15.7. The fraction of sp³-hybridized carbons (Fsp3) is 0.318. The van der Waals surface area contributed by atoms with Gasteiger partial charge in [-0.3, -0.25) is 4.79 Å². The van der Waals surface area contributed by atoms with Gasteiger partial charge in [0.05, 0.1) is 6.61 Å². The molecule has 0 atom stereocenters. The Hall–Kier alpha value is -2.79. The van der Waals surface area contributed by atoms with Crippen LogP contribution in [0.15, 0.2) is 60.8 Å². The summed E-state index contributed by atoms with van der Waals surface area (Å²) in [6.45, 7) is 4.65. The van der Waals surface area contributed by atoms with Gasteiger partial charge in [-0.1, -0.05) is 24.3 Å². The van der Waals surface area contributed by atoms with E-state index in [0.29, 0.717) is 6.61 Å². The molecule has 0 bridgehead atoms. The minimum Gasteiger partial charge on any atom is -0.383 e. The molecule has 0 unspecified atom stereocenters. The zero-order chi connectivity index (χ0) is 18.6. The first kappa shape index (κ1) is 17.6. The molecule has 1 fully saturated rings. The number of methoxy groups -OCH3 is 1. The first-order valence-electron chi connectivity index (χ1n) is 9.44. The van der Waals surface area contributed by atoms with Gasteiger partial charge in [0.25, 0.3) is 5.91 Å². The molecule has 1 amide bonds. The zero-order valence-electron chi connectivity index (χ0n) is 15.7. The third kappa shape index (κ3) is 3.55. The van der Waals surface area contributed by atoms with Crippen molar-refractivity contribution in [1.29, 1.82) is 0 Å². The summed E-state index contributed by atoms with van der Waals surface area (Å²) in [5.74, 6) is 0.123. The summed E-state index contributed by atoms with van der Waals surface area (Å²) in [4.78, 5) is 17.5. The van der Waals surface area contributed by atoms with Crippen LogP contribution in [0.25, 0.3) is 10.9 Å². The highest BCUT2D eigenvalue weighted by molar-refractivity contribution is 6.06. The van der Waals surface area contributed by atoms with Gasteiger partial charge in [-0.2, -0.15) is 0 Å². The fourth-order valence-corrected chi connectivity index (χ4v) is 3.77. The van der Waals surface area contributed by atoms with Gasteiger partial charge in [-0.25, -0.2) is 0 Å². The maximum absolute atomic E-state index is 13.2. The van der Waals surface area contributed by atoms with E-state index in [1.807, 2.05) is 35.4 Å². The van der Waals surface area contributed by atoms with Crippen molar-refractivity contribution < 1.29 is 9.53 Å². The van der Waals surface area contributed by atoms with Gasteiger partial charge in [0, 0.05) is 68.2 Å². The summed E-state index contributed by atoms with van der Waals surface area (Å²) in [5, 5.41) is 1.02. The Labute approximate surface area is 159 Å². The van der Waals surface area contributed by atoms with Crippen molar-refractivity contribution in [3.63, 3.8) is 0 Å². The van der Waals surface area contributed by atoms with Gasteiger partial charge in [0.1, 0.15) is 0 Å². The van der Waals surface area contributed by atoms with E-state index >= 15 is 0 Å². The van der Waals surface area contributed by atoms with E-state index < -0.39 is 0 Å². The third-order valence-corrected chi connectivity index (χ3v) is 5.27. The van der Waals surface area contributed by atoms with Crippen LogP contribution in [0.1, 0.15) is 10.4 Å². The standard InChI is InChI=1S/C22H25N3O2/c1-27-17-16-24-11-10-19-20(8-5-9-21(19)24)22(26)25-14-12-23(13-15-25)18-6-3-2-4-7-18/h2-11H,12-17H2,1H3. The van der Waals surface area contributed by atoms with Crippen molar-refractivity contribution in [2.24, 2.45) is 0 Å². The molecule has 1 aliphatic heterocycles. The van der Waals surface area contributed by atoms with Gasteiger partial charge >= 0.3 is 0 Å². The molecule has 3 aromatic rings. The first-order chi connectivity index (χ1) is 13.3. The SMILES string of the molecule is COCCn1ccc2c(C(=O)N3CCN(c4ccccc4)CC3)cccc21. The monoisotopic (exact) mass is 363 g/mol. The third-order valence-electron chi connectivity index (χ3n) is 5.27. The number of amides is 1. The van der Waals surface area contributed by atoms with Crippen molar-refractivity contribution in [1.82, 2.24) is 9.47 Å². The van der Waals surface area contributed by atoms with E-state index in [-0.39, 0.29) is 5.91 Å².